The number of unbranched alkanes of at least 4 members (excludes halogenated alkanes) is 2. The van der Waals surface area contributed by atoms with E-state index in [-0.39, 0.29) is 12.8 Å². The van der Waals surface area contributed by atoms with Gasteiger partial charge in [0.15, 0.2) is 0 Å². The van der Waals surface area contributed by atoms with Crippen LogP contribution in [0.3, 0.4) is 0 Å². The fourth-order valence-electron chi connectivity index (χ4n) is 2.19. The summed E-state index contributed by atoms with van der Waals surface area (Å²) in [5.41, 5.74) is 1.21. The Labute approximate surface area is 101 Å². The van der Waals surface area contributed by atoms with Gasteiger partial charge < -0.3 is 4.74 Å². The SMILES string of the molecule is COCCCCCC1=CCC(C(F)(F)F)CC1. The molecular weight excluding hydrogens is 229 g/mol. The lowest BCUT2D eigenvalue weighted by Gasteiger charge is -2.24. The van der Waals surface area contributed by atoms with E-state index in [0.717, 1.165) is 32.3 Å². The lowest BCUT2D eigenvalue weighted by Crippen LogP contribution is -2.24. The van der Waals surface area contributed by atoms with Gasteiger partial charge in [-0.25, -0.2) is 0 Å². The van der Waals surface area contributed by atoms with Crippen LogP contribution in [0.1, 0.15) is 44.9 Å². The molecule has 1 unspecified atom stereocenters. The fourth-order valence-corrected chi connectivity index (χ4v) is 2.19. The van der Waals surface area contributed by atoms with Crippen LogP contribution in [0.4, 0.5) is 13.2 Å². The highest BCUT2D eigenvalue weighted by molar-refractivity contribution is 5.07. The molecule has 0 saturated carbocycles. The molecule has 0 radical (unpaired) electrons. The summed E-state index contributed by atoms with van der Waals surface area (Å²) in [5, 5.41) is 0. The topological polar surface area (TPSA) is 9.23 Å². The maximum absolute atomic E-state index is 12.4. The first-order valence-electron chi connectivity index (χ1n) is 6.27. The van der Waals surface area contributed by atoms with Gasteiger partial charge in [0.05, 0.1) is 5.92 Å². The van der Waals surface area contributed by atoms with E-state index in [0.29, 0.717) is 6.42 Å². The summed E-state index contributed by atoms with van der Waals surface area (Å²) < 4.78 is 42.2. The minimum Gasteiger partial charge on any atom is -0.385 e. The normalized spacial score (nSPS) is 21.4. The van der Waals surface area contributed by atoms with Gasteiger partial charge in [0.2, 0.25) is 0 Å². The average Bonchev–Trinajstić information content (AvgIpc) is 2.28. The first-order chi connectivity index (χ1) is 8.04. The molecule has 0 aliphatic heterocycles. The Morgan fingerprint density at radius 3 is 2.59 bits per heavy atom. The average molecular weight is 250 g/mol. The van der Waals surface area contributed by atoms with Crippen LogP contribution >= 0.6 is 0 Å². The van der Waals surface area contributed by atoms with Gasteiger partial charge in [-0.2, -0.15) is 13.2 Å². The summed E-state index contributed by atoms with van der Waals surface area (Å²) in [6.45, 7) is 0.773. The maximum Gasteiger partial charge on any atom is 0.392 e. The lowest BCUT2D eigenvalue weighted by atomic mass is 9.87. The minimum atomic E-state index is -4.01. The first kappa shape index (κ1) is 14.6. The number of alkyl halides is 3. The second-order valence-corrected chi connectivity index (χ2v) is 4.68. The van der Waals surface area contributed by atoms with Crippen LogP contribution in [-0.2, 0) is 4.74 Å². The van der Waals surface area contributed by atoms with E-state index in [1.807, 2.05) is 0 Å². The highest BCUT2D eigenvalue weighted by Crippen LogP contribution is 2.37. The van der Waals surface area contributed by atoms with Crippen molar-refractivity contribution in [3.8, 4) is 0 Å². The monoisotopic (exact) mass is 250 g/mol. The highest BCUT2D eigenvalue weighted by atomic mass is 19.4. The first-order valence-corrected chi connectivity index (χ1v) is 6.27. The number of allylic oxidation sites excluding steroid dienone is 2. The molecule has 0 aromatic carbocycles. The zero-order valence-corrected chi connectivity index (χ0v) is 10.4. The van der Waals surface area contributed by atoms with Crippen LogP contribution in [-0.4, -0.2) is 19.9 Å². The number of ether oxygens (including phenoxy) is 1. The quantitative estimate of drug-likeness (QED) is 0.499. The van der Waals surface area contributed by atoms with Crippen LogP contribution in [0.5, 0.6) is 0 Å². The van der Waals surface area contributed by atoms with Gasteiger partial charge in [0, 0.05) is 13.7 Å². The summed E-state index contributed by atoms with van der Waals surface area (Å²) in [7, 11) is 1.68. The molecule has 0 saturated heterocycles. The molecule has 0 spiro atoms. The standard InChI is InChI=1S/C13H21F3O/c1-17-10-4-2-3-5-11-6-8-12(9-7-11)13(14,15)16/h6,12H,2-5,7-10H2,1H3. The summed E-state index contributed by atoms with van der Waals surface area (Å²) in [5.74, 6) is -1.11. The molecule has 0 bridgehead atoms. The van der Waals surface area contributed by atoms with Crippen molar-refractivity contribution >= 4 is 0 Å². The lowest BCUT2D eigenvalue weighted by molar-refractivity contribution is -0.176. The molecule has 100 valence electrons. The van der Waals surface area contributed by atoms with Crippen molar-refractivity contribution < 1.29 is 17.9 Å². The Morgan fingerprint density at radius 2 is 2.06 bits per heavy atom. The van der Waals surface area contributed by atoms with Crippen molar-refractivity contribution in [2.45, 2.75) is 51.1 Å². The Bertz CT molecular complexity index is 246. The molecule has 0 amide bonds. The highest BCUT2D eigenvalue weighted by Gasteiger charge is 2.39. The third-order valence-electron chi connectivity index (χ3n) is 3.31. The minimum absolute atomic E-state index is 0.177. The number of hydrogen-bond donors (Lipinski definition) is 0. The molecule has 4 heteroatoms. The van der Waals surface area contributed by atoms with Gasteiger partial charge in [0.25, 0.3) is 0 Å². The van der Waals surface area contributed by atoms with Crippen molar-refractivity contribution in [2.24, 2.45) is 5.92 Å². The van der Waals surface area contributed by atoms with Crippen LogP contribution in [0.25, 0.3) is 0 Å². The number of hydrogen-bond acceptors (Lipinski definition) is 1. The van der Waals surface area contributed by atoms with Crippen LogP contribution in [0.2, 0.25) is 0 Å². The van der Waals surface area contributed by atoms with Crippen molar-refractivity contribution in [2.75, 3.05) is 13.7 Å². The zero-order chi connectivity index (χ0) is 12.7. The van der Waals surface area contributed by atoms with E-state index in [1.54, 1.807) is 13.2 Å². The molecule has 1 aliphatic carbocycles. The molecular formula is C13H21F3O. The molecule has 0 heterocycles. The van der Waals surface area contributed by atoms with Gasteiger partial charge in [-0.15, -0.1) is 0 Å². The van der Waals surface area contributed by atoms with Crippen molar-refractivity contribution in [1.29, 1.82) is 0 Å². The zero-order valence-electron chi connectivity index (χ0n) is 10.4. The van der Waals surface area contributed by atoms with Gasteiger partial charge >= 0.3 is 6.18 Å². The van der Waals surface area contributed by atoms with E-state index in [9.17, 15) is 13.2 Å². The number of rotatable bonds is 6. The van der Waals surface area contributed by atoms with Crippen LogP contribution in [0, 0.1) is 5.92 Å². The fraction of sp³-hybridized carbons (Fsp3) is 0.846. The molecule has 1 rings (SSSR count). The van der Waals surface area contributed by atoms with E-state index < -0.39 is 12.1 Å². The van der Waals surface area contributed by atoms with Crippen LogP contribution in [0.15, 0.2) is 11.6 Å². The Hall–Kier alpha value is -0.510. The molecule has 0 aromatic rings. The second-order valence-electron chi connectivity index (χ2n) is 4.68. The molecule has 0 N–H and O–H groups in total. The Kier molecular flexibility index (Phi) is 6.03. The molecule has 17 heavy (non-hydrogen) atoms. The van der Waals surface area contributed by atoms with E-state index in [2.05, 4.69) is 0 Å². The second kappa shape index (κ2) is 7.04. The third kappa shape index (κ3) is 5.57. The smallest absolute Gasteiger partial charge is 0.385 e. The van der Waals surface area contributed by atoms with Gasteiger partial charge in [-0.3, -0.25) is 0 Å². The van der Waals surface area contributed by atoms with Crippen molar-refractivity contribution in [3.63, 3.8) is 0 Å². The summed E-state index contributed by atoms with van der Waals surface area (Å²) in [6.07, 6.45) is 3.00. The molecule has 1 atom stereocenters. The summed E-state index contributed by atoms with van der Waals surface area (Å²) >= 11 is 0. The number of halogens is 3. The third-order valence-corrected chi connectivity index (χ3v) is 3.31. The number of methoxy groups -OCH3 is 1. The molecule has 0 fully saturated rings. The van der Waals surface area contributed by atoms with E-state index in [4.69, 9.17) is 4.74 Å². The van der Waals surface area contributed by atoms with Crippen molar-refractivity contribution in [3.05, 3.63) is 11.6 Å². The predicted molar refractivity (Wildman–Crippen MR) is 61.8 cm³/mol. The van der Waals surface area contributed by atoms with Crippen molar-refractivity contribution in [1.82, 2.24) is 0 Å². The Balaban J connectivity index is 2.18. The Morgan fingerprint density at radius 1 is 1.29 bits per heavy atom. The van der Waals surface area contributed by atoms with Crippen LogP contribution < -0.4 is 0 Å². The summed E-state index contributed by atoms with van der Waals surface area (Å²) in [6, 6.07) is 0. The van der Waals surface area contributed by atoms with E-state index >= 15 is 0 Å². The molecule has 1 aliphatic rings. The van der Waals surface area contributed by atoms with E-state index in [1.165, 1.54) is 5.57 Å². The van der Waals surface area contributed by atoms with Gasteiger partial charge in [-0.1, -0.05) is 18.1 Å². The molecule has 0 aromatic heterocycles. The summed E-state index contributed by atoms with van der Waals surface area (Å²) in [4.78, 5) is 0. The van der Waals surface area contributed by atoms with Gasteiger partial charge in [-0.05, 0) is 38.5 Å². The maximum atomic E-state index is 12.4. The largest absolute Gasteiger partial charge is 0.392 e. The van der Waals surface area contributed by atoms with Gasteiger partial charge in [0.1, 0.15) is 0 Å². The predicted octanol–water partition coefficient (Wildman–Crippen LogP) is 4.48. The molecule has 1 nitrogen and oxygen atoms in total.